The quantitative estimate of drug-likeness (QED) is 0.792. The smallest absolute Gasteiger partial charge is 0.141 e. The Hall–Kier alpha value is -1.23. The molecule has 0 saturated carbocycles. The van der Waals surface area contributed by atoms with E-state index >= 15 is 0 Å². The molecule has 5 heteroatoms. The van der Waals surface area contributed by atoms with Crippen LogP contribution >= 0.6 is 15.9 Å². The molecule has 2 rings (SSSR count). The lowest BCUT2D eigenvalue weighted by Crippen LogP contribution is -1.91. The highest BCUT2D eigenvalue weighted by molar-refractivity contribution is 9.10. The van der Waals surface area contributed by atoms with Crippen molar-refractivity contribution < 1.29 is 8.78 Å². The Morgan fingerprint density at radius 2 is 1.93 bits per heavy atom. The number of hydrogen-bond acceptors (Lipinski definition) is 1. The van der Waals surface area contributed by atoms with Gasteiger partial charge < -0.3 is 4.98 Å². The summed E-state index contributed by atoms with van der Waals surface area (Å²) >= 11 is 3.00. The third kappa shape index (κ3) is 1.79. The zero-order valence-corrected chi connectivity index (χ0v) is 9.40. The van der Waals surface area contributed by atoms with Gasteiger partial charge in [-0.15, -0.1) is 0 Å². The zero-order chi connectivity index (χ0) is 11.0. The van der Waals surface area contributed by atoms with Crippen molar-refractivity contribution in [3.05, 3.63) is 40.1 Å². The van der Waals surface area contributed by atoms with Crippen LogP contribution < -0.4 is 0 Å². The van der Waals surface area contributed by atoms with Crippen molar-refractivity contribution in [1.82, 2.24) is 9.97 Å². The summed E-state index contributed by atoms with van der Waals surface area (Å²) < 4.78 is 26.7. The van der Waals surface area contributed by atoms with Gasteiger partial charge in [0.05, 0.1) is 10.0 Å². The summed E-state index contributed by atoms with van der Waals surface area (Å²) in [6, 6.07) is 2.14. The molecular formula is C10H7BrF2N2. The Morgan fingerprint density at radius 1 is 1.27 bits per heavy atom. The first-order valence-corrected chi connectivity index (χ1v) is 5.04. The topological polar surface area (TPSA) is 28.7 Å². The van der Waals surface area contributed by atoms with Gasteiger partial charge in [0.15, 0.2) is 0 Å². The van der Waals surface area contributed by atoms with Crippen molar-refractivity contribution in [2.45, 2.75) is 6.92 Å². The number of aromatic nitrogens is 2. The predicted molar refractivity (Wildman–Crippen MR) is 56.4 cm³/mol. The van der Waals surface area contributed by atoms with Crippen LogP contribution in [0.4, 0.5) is 8.78 Å². The molecule has 0 aliphatic heterocycles. The molecule has 78 valence electrons. The van der Waals surface area contributed by atoms with Crippen LogP contribution in [0.2, 0.25) is 0 Å². The van der Waals surface area contributed by atoms with Gasteiger partial charge in [0.1, 0.15) is 17.5 Å². The molecule has 0 bridgehead atoms. The maximum absolute atomic E-state index is 13.5. The number of H-pyrrole nitrogens is 1. The van der Waals surface area contributed by atoms with Gasteiger partial charge in [0.25, 0.3) is 0 Å². The number of nitrogens with zero attached hydrogens (tertiary/aromatic N) is 1. The minimum absolute atomic E-state index is 0.0804. The van der Waals surface area contributed by atoms with Crippen molar-refractivity contribution >= 4 is 15.9 Å². The van der Waals surface area contributed by atoms with E-state index in [9.17, 15) is 8.78 Å². The molecule has 0 amide bonds. The molecule has 0 saturated heterocycles. The number of benzene rings is 1. The van der Waals surface area contributed by atoms with Gasteiger partial charge in [-0.2, -0.15) is 0 Å². The fourth-order valence-electron chi connectivity index (χ4n) is 1.28. The molecule has 15 heavy (non-hydrogen) atoms. The Balaban J connectivity index is 2.66. The SMILES string of the molecule is Cc1cnc(-c2c(F)ccc(F)c2Br)[nH]1. The largest absolute Gasteiger partial charge is 0.342 e. The predicted octanol–water partition coefficient (Wildman–Crippen LogP) is 3.43. The number of aromatic amines is 1. The molecule has 0 aliphatic carbocycles. The van der Waals surface area contributed by atoms with Gasteiger partial charge in [0, 0.05) is 11.9 Å². The summed E-state index contributed by atoms with van der Waals surface area (Å²) in [5.41, 5.74) is 0.906. The fraction of sp³-hybridized carbons (Fsp3) is 0.100. The first-order valence-electron chi connectivity index (χ1n) is 4.25. The number of imidazole rings is 1. The van der Waals surface area contributed by atoms with Crippen LogP contribution in [0.25, 0.3) is 11.4 Å². The fourth-order valence-corrected chi connectivity index (χ4v) is 1.79. The van der Waals surface area contributed by atoms with Gasteiger partial charge in [0.2, 0.25) is 0 Å². The van der Waals surface area contributed by atoms with Gasteiger partial charge in [-0.3, -0.25) is 0 Å². The van der Waals surface area contributed by atoms with E-state index in [1.807, 2.05) is 0 Å². The maximum Gasteiger partial charge on any atom is 0.141 e. The average Bonchev–Trinajstić information content (AvgIpc) is 2.59. The van der Waals surface area contributed by atoms with Crippen LogP contribution in [0, 0.1) is 18.6 Å². The number of aryl methyl sites for hydroxylation is 1. The molecule has 0 unspecified atom stereocenters. The first-order chi connectivity index (χ1) is 7.09. The molecule has 1 N–H and O–H groups in total. The molecule has 0 atom stereocenters. The summed E-state index contributed by atoms with van der Waals surface area (Å²) in [4.78, 5) is 6.81. The highest BCUT2D eigenvalue weighted by atomic mass is 79.9. The van der Waals surface area contributed by atoms with E-state index in [0.29, 0.717) is 5.82 Å². The van der Waals surface area contributed by atoms with E-state index in [2.05, 4.69) is 25.9 Å². The molecule has 0 fully saturated rings. The van der Waals surface area contributed by atoms with Crippen molar-refractivity contribution in [2.24, 2.45) is 0 Å². The highest BCUT2D eigenvalue weighted by Gasteiger charge is 2.15. The Morgan fingerprint density at radius 3 is 2.53 bits per heavy atom. The molecule has 1 aromatic carbocycles. The van der Waals surface area contributed by atoms with Gasteiger partial charge in [-0.25, -0.2) is 13.8 Å². The van der Waals surface area contributed by atoms with Crippen LogP contribution in [0.3, 0.4) is 0 Å². The first kappa shape index (κ1) is 10.3. The number of hydrogen-bond donors (Lipinski definition) is 1. The highest BCUT2D eigenvalue weighted by Crippen LogP contribution is 2.30. The van der Waals surface area contributed by atoms with E-state index in [1.165, 1.54) is 0 Å². The summed E-state index contributed by atoms with van der Waals surface area (Å²) in [5.74, 6) is -0.713. The van der Waals surface area contributed by atoms with Crippen LogP contribution in [0.15, 0.2) is 22.8 Å². The van der Waals surface area contributed by atoms with Crippen molar-refractivity contribution in [1.29, 1.82) is 0 Å². The van der Waals surface area contributed by atoms with Gasteiger partial charge in [-0.05, 0) is 35.0 Å². The van der Waals surface area contributed by atoms with E-state index in [-0.39, 0.29) is 10.0 Å². The maximum atomic E-state index is 13.5. The lowest BCUT2D eigenvalue weighted by atomic mass is 10.2. The van der Waals surface area contributed by atoms with Crippen LogP contribution in [-0.4, -0.2) is 9.97 Å². The van der Waals surface area contributed by atoms with Crippen LogP contribution in [0.1, 0.15) is 5.69 Å². The molecule has 2 nitrogen and oxygen atoms in total. The van der Waals surface area contributed by atoms with Gasteiger partial charge >= 0.3 is 0 Å². The Bertz CT molecular complexity index is 508. The van der Waals surface area contributed by atoms with E-state index in [4.69, 9.17) is 0 Å². The normalized spacial score (nSPS) is 10.7. The third-order valence-electron chi connectivity index (χ3n) is 1.98. The summed E-state index contributed by atoms with van der Waals surface area (Å²) in [6.07, 6.45) is 1.56. The lowest BCUT2D eigenvalue weighted by Gasteiger charge is -2.03. The van der Waals surface area contributed by atoms with Crippen LogP contribution in [-0.2, 0) is 0 Å². The standard InChI is InChI=1S/C10H7BrF2N2/c1-5-4-14-10(15-5)8-6(12)2-3-7(13)9(8)11/h2-4H,1H3,(H,14,15). The van der Waals surface area contributed by atoms with E-state index < -0.39 is 11.6 Å². The van der Waals surface area contributed by atoms with Gasteiger partial charge in [-0.1, -0.05) is 0 Å². The average molecular weight is 273 g/mol. The number of nitrogens with one attached hydrogen (secondary N) is 1. The molecule has 1 aromatic heterocycles. The second-order valence-electron chi connectivity index (χ2n) is 3.13. The summed E-state index contributed by atoms with van der Waals surface area (Å²) in [5, 5.41) is 0. The van der Waals surface area contributed by atoms with Crippen molar-refractivity contribution in [2.75, 3.05) is 0 Å². The molecular weight excluding hydrogens is 266 g/mol. The van der Waals surface area contributed by atoms with Crippen molar-refractivity contribution in [3.8, 4) is 11.4 Å². The molecule has 0 aliphatic rings. The van der Waals surface area contributed by atoms with E-state index in [0.717, 1.165) is 17.8 Å². The molecule has 2 aromatic rings. The Labute approximate surface area is 93.5 Å². The third-order valence-corrected chi connectivity index (χ3v) is 2.76. The minimum Gasteiger partial charge on any atom is -0.342 e. The summed E-state index contributed by atoms with van der Waals surface area (Å²) in [6.45, 7) is 1.79. The van der Waals surface area contributed by atoms with Crippen molar-refractivity contribution in [3.63, 3.8) is 0 Å². The van der Waals surface area contributed by atoms with E-state index in [1.54, 1.807) is 13.1 Å². The summed E-state index contributed by atoms with van der Waals surface area (Å²) in [7, 11) is 0. The number of halogens is 3. The van der Waals surface area contributed by atoms with Crippen LogP contribution in [0.5, 0.6) is 0 Å². The molecule has 0 spiro atoms. The molecule has 1 heterocycles. The monoisotopic (exact) mass is 272 g/mol. The molecule has 0 radical (unpaired) electrons. The zero-order valence-electron chi connectivity index (χ0n) is 7.81. The lowest BCUT2D eigenvalue weighted by molar-refractivity contribution is 0.596. The second-order valence-corrected chi connectivity index (χ2v) is 3.93. The number of rotatable bonds is 1. The minimum atomic E-state index is -0.516. The Kier molecular flexibility index (Phi) is 2.56. The second kappa shape index (κ2) is 3.73.